The maximum atomic E-state index is 12.7. The number of nitrogens with zero attached hydrogens (tertiary/aromatic N) is 1. The van der Waals surface area contributed by atoms with Gasteiger partial charge in [-0.15, -0.1) is 0 Å². The average molecular weight is 413 g/mol. The van der Waals surface area contributed by atoms with E-state index in [0.717, 1.165) is 38.9 Å². The van der Waals surface area contributed by atoms with E-state index in [1.54, 1.807) is 22.8 Å². The third kappa shape index (κ3) is 6.20. The van der Waals surface area contributed by atoms with Gasteiger partial charge in [0, 0.05) is 44.0 Å². The molecule has 1 saturated heterocycles. The molecule has 2 aromatic rings. The van der Waals surface area contributed by atoms with Gasteiger partial charge in [0.2, 0.25) is 5.91 Å². The highest BCUT2D eigenvalue weighted by Gasteiger charge is 2.24. The molecule has 1 aliphatic rings. The highest BCUT2D eigenvalue weighted by atomic mass is 16.3. The van der Waals surface area contributed by atoms with E-state index in [0.29, 0.717) is 30.8 Å². The first kappa shape index (κ1) is 22.1. The number of hydrogen-bond acceptors (Lipinski definition) is 3. The molecule has 1 aromatic heterocycles. The number of nitrogens with one attached hydrogen (secondary N) is 2. The molecule has 30 heavy (non-hydrogen) atoms. The third-order valence-corrected chi connectivity index (χ3v) is 5.83. The molecule has 0 atom stereocenters. The van der Waals surface area contributed by atoms with Crippen LogP contribution in [0.15, 0.2) is 47.1 Å². The largest absolute Gasteiger partial charge is 0.469 e. The standard InChI is InChI=1S/C24H33N3O3/c1-3-13-27(24(29)22-12-17-30-19(22)2)16-11-23(28)25-21-9-14-26(15-10-21)18-20-7-5-4-6-8-20/h4-8,12,17,21H,3,9-11,13-16,18H2,1-2H3,(H,25,28)/p+1. The first-order chi connectivity index (χ1) is 14.6. The number of likely N-dealkylation sites (tertiary alicyclic amines) is 1. The topological polar surface area (TPSA) is 67.0 Å². The number of furan rings is 1. The average Bonchev–Trinajstić information content (AvgIpc) is 3.18. The van der Waals surface area contributed by atoms with Crippen molar-refractivity contribution in [2.75, 3.05) is 26.2 Å². The molecule has 2 amide bonds. The molecule has 0 radical (unpaired) electrons. The van der Waals surface area contributed by atoms with Gasteiger partial charge in [0.1, 0.15) is 12.3 Å². The van der Waals surface area contributed by atoms with Gasteiger partial charge in [-0.25, -0.2) is 0 Å². The van der Waals surface area contributed by atoms with Crippen molar-refractivity contribution >= 4 is 11.8 Å². The summed E-state index contributed by atoms with van der Waals surface area (Å²) in [6.07, 6.45) is 4.72. The Labute approximate surface area is 179 Å². The molecule has 1 aliphatic heterocycles. The molecule has 1 fully saturated rings. The molecule has 6 nitrogen and oxygen atoms in total. The van der Waals surface area contributed by atoms with E-state index in [2.05, 4.69) is 29.6 Å². The summed E-state index contributed by atoms with van der Waals surface area (Å²) in [5.74, 6) is 0.591. The summed E-state index contributed by atoms with van der Waals surface area (Å²) in [5, 5.41) is 3.18. The molecule has 0 unspecified atom stereocenters. The maximum Gasteiger partial charge on any atom is 0.257 e. The van der Waals surface area contributed by atoms with E-state index in [-0.39, 0.29) is 17.9 Å². The van der Waals surface area contributed by atoms with E-state index in [1.165, 1.54) is 11.8 Å². The Morgan fingerprint density at radius 3 is 2.50 bits per heavy atom. The van der Waals surface area contributed by atoms with Crippen LogP contribution < -0.4 is 10.2 Å². The van der Waals surface area contributed by atoms with Crippen LogP contribution in [-0.4, -0.2) is 48.9 Å². The Bertz CT molecular complexity index is 810. The minimum atomic E-state index is -0.0614. The monoisotopic (exact) mass is 412 g/mol. The summed E-state index contributed by atoms with van der Waals surface area (Å²) >= 11 is 0. The molecule has 0 saturated carbocycles. The van der Waals surface area contributed by atoms with E-state index in [4.69, 9.17) is 4.42 Å². The highest BCUT2D eigenvalue weighted by molar-refractivity contribution is 5.95. The summed E-state index contributed by atoms with van der Waals surface area (Å²) in [4.78, 5) is 28.6. The molecular weight excluding hydrogens is 378 g/mol. The number of benzene rings is 1. The fourth-order valence-corrected chi connectivity index (χ4v) is 4.13. The van der Waals surface area contributed by atoms with Crippen molar-refractivity contribution < 1.29 is 18.9 Å². The summed E-state index contributed by atoms with van der Waals surface area (Å²) in [6.45, 7) is 8.08. The number of carbonyl (C=O) groups is 2. The molecule has 0 aliphatic carbocycles. The van der Waals surface area contributed by atoms with Crippen LogP contribution in [0, 0.1) is 6.92 Å². The van der Waals surface area contributed by atoms with Crippen molar-refractivity contribution in [1.29, 1.82) is 0 Å². The van der Waals surface area contributed by atoms with Gasteiger partial charge in [-0.1, -0.05) is 37.3 Å². The van der Waals surface area contributed by atoms with Gasteiger partial charge in [0.15, 0.2) is 0 Å². The van der Waals surface area contributed by atoms with Crippen molar-refractivity contribution in [3.8, 4) is 0 Å². The lowest BCUT2D eigenvalue weighted by molar-refractivity contribution is -0.918. The Kier molecular flexibility index (Phi) is 8.08. The zero-order chi connectivity index (χ0) is 21.3. The van der Waals surface area contributed by atoms with Crippen LogP contribution in [0.3, 0.4) is 0 Å². The van der Waals surface area contributed by atoms with Crippen LogP contribution in [0.5, 0.6) is 0 Å². The van der Waals surface area contributed by atoms with Crippen LogP contribution >= 0.6 is 0 Å². The van der Waals surface area contributed by atoms with E-state index < -0.39 is 0 Å². The minimum Gasteiger partial charge on any atom is -0.469 e. The number of carbonyl (C=O) groups excluding carboxylic acids is 2. The van der Waals surface area contributed by atoms with Crippen molar-refractivity contribution in [2.24, 2.45) is 0 Å². The predicted octanol–water partition coefficient (Wildman–Crippen LogP) is 2.19. The second-order valence-electron chi connectivity index (χ2n) is 8.19. The fraction of sp³-hybridized carbons (Fsp3) is 0.500. The molecule has 1 aromatic carbocycles. The zero-order valence-corrected chi connectivity index (χ0v) is 18.2. The third-order valence-electron chi connectivity index (χ3n) is 5.83. The Hall–Kier alpha value is -2.60. The van der Waals surface area contributed by atoms with Crippen LogP contribution in [0.25, 0.3) is 0 Å². The van der Waals surface area contributed by atoms with E-state index in [1.807, 2.05) is 13.0 Å². The molecule has 2 N–H and O–H groups in total. The molecule has 162 valence electrons. The maximum absolute atomic E-state index is 12.7. The molecular formula is C24H34N3O3+. The smallest absolute Gasteiger partial charge is 0.257 e. The lowest BCUT2D eigenvalue weighted by atomic mass is 10.0. The van der Waals surface area contributed by atoms with Crippen molar-refractivity contribution in [1.82, 2.24) is 10.2 Å². The second kappa shape index (κ2) is 11.0. The number of rotatable bonds is 9. The van der Waals surface area contributed by atoms with Crippen molar-refractivity contribution in [3.63, 3.8) is 0 Å². The van der Waals surface area contributed by atoms with Crippen LogP contribution in [0.4, 0.5) is 0 Å². The lowest BCUT2D eigenvalue weighted by Crippen LogP contribution is -3.12. The molecule has 0 spiro atoms. The van der Waals surface area contributed by atoms with Gasteiger partial charge in [-0.3, -0.25) is 9.59 Å². The number of quaternary nitrogens is 1. The van der Waals surface area contributed by atoms with Crippen LogP contribution in [-0.2, 0) is 11.3 Å². The van der Waals surface area contributed by atoms with Gasteiger partial charge < -0.3 is 19.5 Å². The highest BCUT2D eigenvalue weighted by Crippen LogP contribution is 2.13. The van der Waals surface area contributed by atoms with Crippen LogP contribution in [0.2, 0.25) is 0 Å². The van der Waals surface area contributed by atoms with Crippen molar-refractivity contribution in [3.05, 3.63) is 59.5 Å². The Morgan fingerprint density at radius 2 is 1.87 bits per heavy atom. The van der Waals surface area contributed by atoms with Crippen molar-refractivity contribution in [2.45, 2.75) is 52.1 Å². The Balaban J connectivity index is 1.41. The predicted molar refractivity (Wildman–Crippen MR) is 116 cm³/mol. The van der Waals surface area contributed by atoms with Gasteiger partial charge >= 0.3 is 0 Å². The number of hydrogen-bond donors (Lipinski definition) is 2. The first-order valence-corrected chi connectivity index (χ1v) is 11.1. The molecule has 6 heteroatoms. The van der Waals surface area contributed by atoms with Gasteiger partial charge in [0.25, 0.3) is 5.91 Å². The number of amides is 2. The minimum absolute atomic E-state index is 0.0318. The van der Waals surface area contributed by atoms with E-state index >= 15 is 0 Å². The molecule has 3 rings (SSSR count). The SMILES string of the molecule is CCCN(CCC(=O)NC1CC[NH+](Cc2ccccc2)CC1)C(=O)c1ccoc1C. The number of aryl methyl sites for hydroxylation is 1. The summed E-state index contributed by atoms with van der Waals surface area (Å²) < 4.78 is 5.26. The van der Waals surface area contributed by atoms with Gasteiger partial charge in [-0.2, -0.15) is 0 Å². The summed E-state index contributed by atoms with van der Waals surface area (Å²) in [7, 11) is 0. The number of piperidine rings is 1. The molecule has 2 heterocycles. The van der Waals surface area contributed by atoms with E-state index in [9.17, 15) is 9.59 Å². The first-order valence-electron chi connectivity index (χ1n) is 11.1. The van der Waals surface area contributed by atoms with Gasteiger partial charge in [0.05, 0.1) is 24.9 Å². The van der Waals surface area contributed by atoms with Gasteiger partial charge in [-0.05, 0) is 19.4 Å². The van der Waals surface area contributed by atoms with Crippen LogP contribution in [0.1, 0.15) is 54.3 Å². The normalized spacial score (nSPS) is 18.7. The summed E-state index contributed by atoms with van der Waals surface area (Å²) in [6, 6.07) is 12.5. The lowest BCUT2D eigenvalue weighted by Gasteiger charge is -2.30. The zero-order valence-electron chi connectivity index (χ0n) is 18.2. The summed E-state index contributed by atoms with van der Waals surface area (Å²) in [5.41, 5.74) is 1.95. The Morgan fingerprint density at radius 1 is 1.13 bits per heavy atom. The second-order valence-corrected chi connectivity index (χ2v) is 8.19. The molecule has 0 bridgehead atoms. The fourth-order valence-electron chi connectivity index (χ4n) is 4.13. The quantitative estimate of drug-likeness (QED) is 0.664.